The molecule has 0 atom stereocenters. The Morgan fingerprint density at radius 3 is 2.35 bits per heavy atom. The number of ether oxygens (including phenoxy) is 1. The first kappa shape index (κ1) is 13.9. The number of rotatable bonds is 1. The number of aryl methyl sites for hydroxylation is 1. The van der Waals surface area contributed by atoms with E-state index in [4.69, 9.17) is 9.84 Å². The Kier molecular flexibility index (Phi) is 5.94. The van der Waals surface area contributed by atoms with E-state index in [1.807, 2.05) is 19.2 Å². The van der Waals surface area contributed by atoms with Gasteiger partial charge in [0.15, 0.2) is 0 Å². The van der Waals surface area contributed by atoms with Crippen molar-refractivity contribution >= 4 is 5.69 Å². The maximum absolute atomic E-state index is 8.06. The quantitative estimate of drug-likeness (QED) is 0.807. The van der Waals surface area contributed by atoms with E-state index in [2.05, 4.69) is 16.0 Å². The fourth-order valence-electron chi connectivity index (χ4n) is 1.47. The number of anilines is 1. The molecule has 1 aromatic rings. The molecule has 2 rings (SSSR count). The minimum Gasteiger partial charge on any atom is -0.394 e. The van der Waals surface area contributed by atoms with Crippen molar-refractivity contribution in [2.45, 2.75) is 26.9 Å². The van der Waals surface area contributed by atoms with Crippen LogP contribution in [0.25, 0.3) is 0 Å². The second-order valence-electron chi connectivity index (χ2n) is 4.35. The summed E-state index contributed by atoms with van der Waals surface area (Å²) in [5.74, 6) is 0. The normalized spacial score (nSPS) is 15.5. The highest BCUT2D eigenvalue weighted by Gasteiger charge is 2.10. The van der Waals surface area contributed by atoms with Crippen LogP contribution in [0.2, 0.25) is 0 Å². The van der Waals surface area contributed by atoms with E-state index in [1.54, 1.807) is 13.8 Å². The molecule has 1 aliphatic rings. The highest BCUT2D eigenvalue weighted by atomic mass is 16.5. The van der Waals surface area contributed by atoms with Gasteiger partial charge in [-0.2, -0.15) is 0 Å². The first-order chi connectivity index (χ1) is 8.09. The van der Waals surface area contributed by atoms with E-state index in [-0.39, 0.29) is 6.10 Å². The van der Waals surface area contributed by atoms with Crippen molar-refractivity contribution in [3.8, 4) is 0 Å². The minimum atomic E-state index is -0.167. The Hall–Kier alpha value is -1.13. The molecule has 17 heavy (non-hydrogen) atoms. The first-order valence-corrected chi connectivity index (χ1v) is 6.03. The summed E-state index contributed by atoms with van der Waals surface area (Å²) < 4.78 is 5.28. The van der Waals surface area contributed by atoms with Crippen molar-refractivity contribution < 1.29 is 9.84 Å². The molecular weight excluding hydrogens is 216 g/mol. The Morgan fingerprint density at radius 2 is 1.88 bits per heavy atom. The summed E-state index contributed by atoms with van der Waals surface area (Å²) in [6.45, 7) is 9.06. The number of morpholine rings is 1. The van der Waals surface area contributed by atoms with E-state index in [9.17, 15) is 0 Å². The molecular formula is C13H22N2O2. The number of hydrogen-bond donors (Lipinski definition) is 1. The molecule has 96 valence electrons. The Morgan fingerprint density at radius 1 is 1.29 bits per heavy atom. The maximum Gasteiger partial charge on any atom is 0.0642 e. The van der Waals surface area contributed by atoms with Gasteiger partial charge in [0, 0.05) is 24.9 Å². The van der Waals surface area contributed by atoms with Gasteiger partial charge >= 0.3 is 0 Å². The number of aromatic nitrogens is 1. The largest absolute Gasteiger partial charge is 0.394 e. The summed E-state index contributed by atoms with van der Waals surface area (Å²) >= 11 is 0. The van der Waals surface area contributed by atoms with Crippen LogP contribution in [0, 0.1) is 6.92 Å². The molecule has 2 heterocycles. The van der Waals surface area contributed by atoms with E-state index < -0.39 is 0 Å². The number of aliphatic hydroxyl groups excluding tert-OH is 1. The number of nitrogens with zero attached hydrogens (tertiary/aromatic N) is 2. The van der Waals surface area contributed by atoms with Gasteiger partial charge in [-0.1, -0.05) is 0 Å². The summed E-state index contributed by atoms with van der Waals surface area (Å²) in [5, 5.41) is 8.06. The first-order valence-electron chi connectivity index (χ1n) is 6.03. The lowest BCUT2D eigenvalue weighted by molar-refractivity contribution is 0.122. The van der Waals surface area contributed by atoms with Gasteiger partial charge in [0.05, 0.1) is 25.1 Å². The van der Waals surface area contributed by atoms with Gasteiger partial charge in [-0.15, -0.1) is 0 Å². The molecule has 1 aliphatic heterocycles. The molecule has 1 saturated heterocycles. The maximum atomic E-state index is 8.06. The topological polar surface area (TPSA) is 45.6 Å². The smallest absolute Gasteiger partial charge is 0.0642 e. The molecule has 0 amide bonds. The zero-order chi connectivity index (χ0) is 12.7. The summed E-state index contributed by atoms with van der Waals surface area (Å²) in [6.07, 6.45) is 1.76. The third-order valence-electron chi connectivity index (χ3n) is 2.27. The second kappa shape index (κ2) is 7.25. The average molecular weight is 238 g/mol. The predicted molar refractivity (Wildman–Crippen MR) is 69.4 cm³/mol. The van der Waals surface area contributed by atoms with E-state index in [0.717, 1.165) is 32.0 Å². The summed E-state index contributed by atoms with van der Waals surface area (Å²) in [7, 11) is 0. The van der Waals surface area contributed by atoms with Gasteiger partial charge in [-0.05, 0) is 32.9 Å². The van der Waals surface area contributed by atoms with Crippen LogP contribution in [0.5, 0.6) is 0 Å². The average Bonchev–Trinajstić information content (AvgIpc) is 2.30. The van der Waals surface area contributed by atoms with E-state index in [1.165, 1.54) is 5.69 Å². The zero-order valence-electron chi connectivity index (χ0n) is 10.9. The standard InChI is InChI=1S/C10H14N2O.C3H8O/c1-9-2-3-10(8-11-9)12-4-6-13-7-5-12;1-3(2)4/h2-3,8H,4-7H2,1H3;3-4H,1-2H3. The van der Waals surface area contributed by atoms with Crippen LogP contribution >= 0.6 is 0 Å². The van der Waals surface area contributed by atoms with Gasteiger partial charge in [0.1, 0.15) is 0 Å². The molecule has 0 spiro atoms. The third kappa shape index (κ3) is 5.65. The van der Waals surface area contributed by atoms with Crippen LogP contribution in [0.3, 0.4) is 0 Å². The summed E-state index contributed by atoms with van der Waals surface area (Å²) in [4.78, 5) is 6.57. The summed E-state index contributed by atoms with van der Waals surface area (Å²) in [6, 6.07) is 4.17. The molecule has 4 nitrogen and oxygen atoms in total. The molecule has 0 aliphatic carbocycles. The van der Waals surface area contributed by atoms with Crippen LogP contribution in [0.1, 0.15) is 19.5 Å². The van der Waals surface area contributed by atoms with Crippen molar-refractivity contribution in [3.05, 3.63) is 24.0 Å². The predicted octanol–water partition coefficient (Wildman–Crippen LogP) is 1.61. The molecule has 0 bridgehead atoms. The van der Waals surface area contributed by atoms with Crippen molar-refractivity contribution in [2.75, 3.05) is 31.2 Å². The lowest BCUT2D eigenvalue weighted by Gasteiger charge is -2.28. The number of aliphatic hydroxyl groups is 1. The van der Waals surface area contributed by atoms with Gasteiger partial charge in [-0.25, -0.2) is 0 Å². The Labute approximate surface area is 103 Å². The molecule has 1 aromatic heterocycles. The van der Waals surface area contributed by atoms with Gasteiger partial charge in [0.2, 0.25) is 0 Å². The molecule has 0 aromatic carbocycles. The summed E-state index contributed by atoms with van der Waals surface area (Å²) in [5.41, 5.74) is 2.27. The van der Waals surface area contributed by atoms with E-state index >= 15 is 0 Å². The molecule has 4 heteroatoms. The Bertz CT molecular complexity index is 303. The van der Waals surface area contributed by atoms with Crippen LogP contribution in [0.15, 0.2) is 18.3 Å². The van der Waals surface area contributed by atoms with Crippen LogP contribution < -0.4 is 4.90 Å². The van der Waals surface area contributed by atoms with Gasteiger partial charge in [0.25, 0.3) is 0 Å². The molecule has 0 saturated carbocycles. The number of hydrogen-bond acceptors (Lipinski definition) is 4. The van der Waals surface area contributed by atoms with Crippen LogP contribution in [-0.2, 0) is 4.74 Å². The zero-order valence-corrected chi connectivity index (χ0v) is 10.9. The molecule has 0 unspecified atom stereocenters. The fraction of sp³-hybridized carbons (Fsp3) is 0.615. The second-order valence-corrected chi connectivity index (χ2v) is 4.35. The molecule has 1 N–H and O–H groups in total. The van der Waals surface area contributed by atoms with Crippen LogP contribution in [-0.4, -0.2) is 42.5 Å². The highest BCUT2D eigenvalue weighted by Crippen LogP contribution is 2.13. The van der Waals surface area contributed by atoms with Crippen molar-refractivity contribution in [1.29, 1.82) is 0 Å². The lowest BCUT2D eigenvalue weighted by atomic mass is 10.3. The fourth-order valence-corrected chi connectivity index (χ4v) is 1.47. The number of pyridine rings is 1. The highest BCUT2D eigenvalue weighted by molar-refractivity contribution is 5.44. The van der Waals surface area contributed by atoms with Crippen molar-refractivity contribution in [1.82, 2.24) is 4.98 Å². The molecule has 1 fully saturated rings. The van der Waals surface area contributed by atoms with Gasteiger partial charge in [-0.3, -0.25) is 4.98 Å². The lowest BCUT2D eigenvalue weighted by Crippen LogP contribution is -2.36. The van der Waals surface area contributed by atoms with Crippen molar-refractivity contribution in [3.63, 3.8) is 0 Å². The van der Waals surface area contributed by atoms with Gasteiger partial charge < -0.3 is 14.7 Å². The Balaban J connectivity index is 0.000000317. The molecule has 0 radical (unpaired) electrons. The van der Waals surface area contributed by atoms with E-state index in [0.29, 0.717) is 0 Å². The third-order valence-corrected chi connectivity index (χ3v) is 2.27. The van der Waals surface area contributed by atoms with Crippen LogP contribution in [0.4, 0.5) is 5.69 Å². The van der Waals surface area contributed by atoms with Crippen molar-refractivity contribution in [2.24, 2.45) is 0 Å². The monoisotopic (exact) mass is 238 g/mol. The SMILES string of the molecule is CC(C)O.Cc1ccc(N2CCOCC2)cn1. The minimum absolute atomic E-state index is 0.167.